The Morgan fingerprint density at radius 1 is 0.760 bits per heavy atom. The SMILES string of the molecule is N=C(N=C(N)c1cccc(-c2ccccc2)c1)c1cc(Br)cc(Br)c1. The second-order valence-corrected chi connectivity index (χ2v) is 7.28. The first kappa shape index (κ1) is 17.6. The lowest BCUT2D eigenvalue weighted by Gasteiger charge is -2.07. The summed E-state index contributed by atoms with van der Waals surface area (Å²) in [7, 11) is 0. The molecule has 0 radical (unpaired) electrons. The summed E-state index contributed by atoms with van der Waals surface area (Å²) in [6.07, 6.45) is 0. The fourth-order valence-corrected chi connectivity index (χ4v) is 3.72. The molecule has 0 aromatic heterocycles. The number of aliphatic imine (C=N–C) groups is 1. The van der Waals surface area contributed by atoms with Gasteiger partial charge in [-0.2, -0.15) is 0 Å². The average molecular weight is 457 g/mol. The highest BCUT2D eigenvalue weighted by Gasteiger charge is 2.07. The molecule has 0 heterocycles. The smallest absolute Gasteiger partial charge is 0.154 e. The van der Waals surface area contributed by atoms with Crippen molar-refractivity contribution in [3.05, 3.63) is 92.9 Å². The van der Waals surface area contributed by atoms with E-state index < -0.39 is 0 Å². The fourth-order valence-electron chi connectivity index (χ4n) is 2.43. The van der Waals surface area contributed by atoms with E-state index >= 15 is 0 Å². The summed E-state index contributed by atoms with van der Waals surface area (Å²) in [5.74, 6) is 0.434. The van der Waals surface area contributed by atoms with E-state index in [0.29, 0.717) is 11.4 Å². The number of amidine groups is 2. The van der Waals surface area contributed by atoms with Crippen molar-refractivity contribution in [2.24, 2.45) is 10.7 Å². The van der Waals surface area contributed by atoms with Gasteiger partial charge in [0.2, 0.25) is 0 Å². The summed E-state index contributed by atoms with van der Waals surface area (Å²) in [5.41, 5.74) is 9.79. The average Bonchev–Trinajstić information content (AvgIpc) is 2.61. The number of hydrogen-bond donors (Lipinski definition) is 2. The van der Waals surface area contributed by atoms with Crippen molar-refractivity contribution < 1.29 is 0 Å². The second-order valence-electron chi connectivity index (χ2n) is 5.45. The third-order valence-corrected chi connectivity index (χ3v) is 4.55. The van der Waals surface area contributed by atoms with E-state index in [4.69, 9.17) is 11.1 Å². The minimum Gasteiger partial charge on any atom is -0.383 e. The number of nitrogens with zero attached hydrogens (tertiary/aromatic N) is 1. The molecule has 0 fully saturated rings. The highest BCUT2D eigenvalue weighted by molar-refractivity contribution is 9.11. The van der Waals surface area contributed by atoms with Gasteiger partial charge in [-0.15, -0.1) is 0 Å². The van der Waals surface area contributed by atoms with E-state index in [2.05, 4.69) is 36.9 Å². The highest BCUT2D eigenvalue weighted by atomic mass is 79.9. The zero-order chi connectivity index (χ0) is 17.8. The molecular weight excluding hydrogens is 442 g/mol. The van der Waals surface area contributed by atoms with E-state index in [1.54, 1.807) is 0 Å². The first-order chi connectivity index (χ1) is 12.0. The van der Waals surface area contributed by atoms with Gasteiger partial charge in [-0.1, -0.05) is 80.4 Å². The van der Waals surface area contributed by atoms with Crippen molar-refractivity contribution in [3.63, 3.8) is 0 Å². The van der Waals surface area contributed by atoms with Gasteiger partial charge in [0.1, 0.15) is 5.84 Å². The van der Waals surface area contributed by atoms with E-state index in [0.717, 1.165) is 25.6 Å². The highest BCUT2D eigenvalue weighted by Crippen LogP contribution is 2.22. The van der Waals surface area contributed by atoms with E-state index in [9.17, 15) is 0 Å². The van der Waals surface area contributed by atoms with Gasteiger partial charge in [-0.05, 0) is 35.4 Å². The third kappa shape index (κ3) is 4.44. The van der Waals surface area contributed by atoms with Crippen molar-refractivity contribution >= 4 is 43.5 Å². The standard InChI is InChI=1S/C20H15Br2N3/c21-17-10-16(11-18(22)12-17)20(24)25-19(23)15-8-4-7-14(9-15)13-5-2-1-3-6-13/h1-12H,(H3,23,24,25). The van der Waals surface area contributed by atoms with Crippen LogP contribution in [0.25, 0.3) is 11.1 Å². The van der Waals surface area contributed by atoms with E-state index in [-0.39, 0.29) is 5.84 Å². The van der Waals surface area contributed by atoms with Gasteiger partial charge >= 0.3 is 0 Å². The Kier molecular flexibility index (Phi) is 5.46. The lowest BCUT2D eigenvalue weighted by Crippen LogP contribution is -2.16. The monoisotopic (exact) mass is 455 g/mol. The number of rotatable bonds is 3. The summed E-state index contributed by atoms with van der Waals surface area (Å²) in [6, 6.07) is 23.5. The third-order valence-electron chi connectivity index (χ3n) is 3.63. The molecule has 124 valence electrons. The number of nitrogens with one attached hydrogen (secondary N) is 1. The van der Waals surface area contributed by atoms with Crippen molar-refractivity contribution in [1.82, 2.24) is 0 Å². The molecule has 0 saturated heterocycles. The van der Waals surface area contributed by atoms with Crippen molar-refractivity contribution in [2.75, 3.05) is 0 Å². The number of halogens is 2. The van der Waals surface area contributed by atoms with Crippen molar-refractivity contribution in [1.29, 1.82) is 5.41 Å². The zero-order valence-corrected chi connectivity index (χ0v) is 16.4. The topological polar surface area (TPSA) is 62.2 Å². The van der Waals surface area contributed by atoms with Crippen LogP contribution in [0.1, 0.15) is 11.1 Å². The number of hydrogen-bond acceptors (Lipinski definition) is 1. The Hall–Kier alpha value is -2.24. The van der Waals surface area contributed by atoms with Crippen LogP contribution in [0.4, 0.5) is 0 Å². The van der Waals surface area contributed by atoms with Crippen LogP contribution in [0.3, 0.4) is 0 Å². The number of benzene rings is 3. The van der Waals surface area contributed by atoms with Crippen molar-refractivity contribution in [2.45, 2.75) is 0 Å². The molecule has 0 aliphatic carbocycles. The van der Waals surface area contributed by atoms with Crippen LogP contribution >= 0.6 is 31.9 Å². The molecule has 0 unspecified atom stereocenters. The summed E-state index contributed by atoms with van der Waals surface area (Å²) in [5, 5.41) is 8.21. The molecule has 0 aliphatic rings. The first-order valence-electron chi connectivity index (χ1n) is 7.58. The largest absolute Gasteiger partial charge is 0.383 e. The Balaban J connectivity index is 1.91. The van der Waals surface area contributed by atoms with Crippen LogP contribution in [0, 0.1) is 5.41 Å². The van der Waals surface area contributed by atoms with Gasteiger partial charge in [-0.25, -0.2) is 4.99 Å². The van der Waals surface area contributed by atoms with Crippen LogP contribution in [-0.2, 0) is 0 Å². The van der Waals surface area contributed by atoms with Gasteiger partial charge < -0.3 is 5.73 Å². The molecule has 5 heteroatoms. The predicted molar refractivity (Wildman–Crippen MR) is 111 cm³/mol. The quantitative estimate of drug-likeness (QED) is 0.390. The molecule has 0 bridgehead atoms. The maximum Gasteiger partial charge on any atom is 0.154 e. The summed E-state index contributed by atoms with van der Waals surface area (Å²) < 4.78 is 1.75. The molecule has 3 nitrogen and oxygen atoms in total. The Bertz CT molecular complexity index is 930. The summed E-state index contributed by atoms with van der Waals surface area (Å²) in [6.45, 7) is 0. The molecule has 0 saturated carbocycles. The molecule has 3 aromatic rings. The van der Waals surface area contributed by atoms with Crippen LogP contribution in [0.5, 0.6) is 0 Å². The Labute approximate surface area is 163 Å². The zero-order valence-electron chi connectivity index (χ0n) is 13.2. The van der Waals surface area contributed by atoms with Crippen LogP contribution in [0.15, 0.2) is 86.7 Å². The molecule has 3 N–H and O–H groups in total. The van der Waals surface area contributed by atoms with Gasteiger partial charge in [0.25, 0.3) is 0 Å². The lowest BCUT2D eigenvalue weighted by atomic mass is 10.0. The summed E-state index contributed by atoms with van der Waals surface area (Å²) >= 11 is 6.84. The maximum atomic E-state index is 8.21. The van der Waals surface area contributed by atoms with E-state index in [1.807, 2.05) is 72.8 Å². The van der Waals surface area contributed by atoms with Crippen LogP contribution < -0.4 is 5.73 Å². The minimum absolute atomic E-state index is 0.115. The van der Waals surface area contributed by atoms with E-state index in [1.165, 1.54) is 0 Å². The second kappa shape index (κ2) is 7.76. The number of nitrogens with two attached hydrogens (primary N) is 1. The van der Waals surface area contributed by atoms with Crippen LogP contribution in [-0.4, -0.2) is 11.7 Å². The lowest BCUT2D eigenvalue weighted by molar-refractivity contribution is 1.39. The Morgan fingerprint density at radius 3 is 2.08 bits per heavy atom. The van der Waals surface area contributed by atoms with Gasteiger partial charge in [0, 0.05) is 20.1 Å². The molecule has 0 amide bonds. The normalized spacial score (nSPS) is 11.4. The molecule has 0 atom stereocenters. The van der Waals surface area contributed by atoms with Crippen LogP contribution in [0.2, 0.25) is 0 Å². The molecule has 0 aliphatic heterocycles. The molecule has 3 rings (SSSR count). The molecule has 25 heavy (non-hydrogen) atoms. The maximum absolute atomic E-state index is 8.21. The first-order valence-corrected chi connectivity index (χ1v) is 9.16. The fraction of sp³-hybridized carbons (Fsp3) is 0. The van der Waals surface area contributed by atoms with Gasteiger partial charge in [0.15, 0.2) is 5.84 Å². The van der Waals surface area contributed by atoms with Crippen molar-refractivity contribution in [3.8, 4) is 11.1 Å². The summed E-state index contributed by atoms with van der Waals surface area (Å²) in [4.78, 5) is 4.27. The van der Waals surface area contributed by atoms with Gasteiger partial charge in [0.05, 0.1) is 0 Å². The molecular formula is C20H15Br2N3. The predicted octanol–water partition coefficient (Wildman–Crippen LogP) is 5.61. The van der Waals surface area contributed by atoms with Gasteiger partial charge in [-0.3, -0.25) is 5.41 Å². The minimum atomic E-state index is 0.115. The molecule has 0 spiro atoms. The Morgan fingerprint density at radius 2 is 1.40 bits per heavy atom. The molecule has 3 aromatic carbocycles.